The Kier molecular flexibility index (Phi) is 7.16. The Hall–Kier alpha value is -1.67. The van der Waals surface area contributed by atoms with Crippen LogP contribution in [0, 0.1) is 0 Å². The van der Waals surface area contributed by atoms with Crippen molar-refractivity contribution in [3.8, 4) is 5.75 Å². The SMILES string of the molecule is CCn1ncc(Br)c1CN(C)C(=O)c1ccc(COc2c(Cl)cc(Cl)cc2Cl)o1. The molecule has 3 rings (SSSR count). The van der Waals surface area contributed by atoms with Crippen LogP contribution < -0.4 is 4.74 Å². The maximum atomic E-state index is 12.7. The molecule has 0 aliphatic rings. The average molecular weight is 522 g/mol. The molecule has 0 bridgehead atoms. The van der Waals surface area contributed by atoms with Crippen molar-refractivity contribution in [2.75, 3.05) is 7.05 Å². The summed E-state index contributed by atoms with van der Waals surface area (Å²) in [6.07, 6.45) is 1.71. The first-order valence-corrected chi connectivity index (χ1v) is 10.5. The van der Waals surface area contributed by atoms with Crippen molar-refractivity contribution in [1.82, 2.24) is 14.7 Å². The van der Waals surface area contributed by atoms with Crippen molar-refractivity contribution in [3.05, 3.63) is 67.2 Å². The second-order valence-corrected chi connectivity index (χ2v) is 8.27. The van der Waals surface area contributed by atoms with Crippen LogP contribution in [0.15, 0.2) is 39.4 Å². The quantitative estimate of drug-likeness (QED) is 0.379. The number of hydrogen-bond acceptors (Lipinski definition) is 4. The van der Waals surface area contributed by atoms with Crippen molar-refractivity contribution in [1.29, 1.82) is 0 Å². The third-order valence-electron chi connectivity index (χ3n) is 4.13. The average Bonchev–Trinajstić information content (AvgIpc) is 3.27. The van der Waals surface area contributed by atoms with Gasteiger partial charge in [0.15, 0.2) is 11.5 Å². The summed E-state index contributed by atoms with van der Waals surface area (Å²) in [5.74, 6) is 0.716. The molecule has 6 nitrogen and oxygen atoms in total. The Bertz CT molecular complexity index is 1010. The third kappa shape index (κ3) is 5.09. The number of nitrogens with zero attached hydrogens (tertiary/aromatic N) is 3. The van der Waals surface area contributed by atoms with Crippen LogP contribution in [-0.4, -0.2) is 27.6 Å². The van der Waals surface area contributed by atoms with Gasteiger partial charge < -0.3 is 14.1 Å². The van der Waals surface area contributed by atoms with Gasteiger partial charge in [-0.2, -0.15) is 5.10 Å². The number of ether oxygens (including phenoxy) is 1. The molecule has 0 saturated carbocycles. The lowest BCUT2D eigenvalue weighted by atomic mass is 10.3. The Morgan fingerprint density at radius 1 is 1.28 bits per heavy atom. The molecule has 0 atom stereocenters. The van der Waals surface area contributed by atoms with E-state index in [9.17, 15) is 4.79 Å². The van der Waals surface area contributed by atoms with Gasteiger partial charge in [0.05, 0.1) is 33.0 Å². The molecule has 0 radical (unpaired) electrons. The molecule has 3 aromatic rings. The maximum Gasteiger partial charge on any atom is 0.289 e. The summed E-state index contributed by atoms with van der Waals surface area (Å²) < 4.78 is 13.9. The van der Waals surface area contributed by atoms with Gasteiger partial charge >= 0.3 is 0 Å². The van der Waals surface area contributed by atoms with Gasteiger partial charge in [-0.1, -0.05) is 34.8 Å². The first-order chi connectivity index (χ1) is 13.8. The molecule has 10 heteroatoms. The Labute approximate surface area is 191 Å². The fraction of sp³-hybridized carbons (Fsp3) is 0.263. The first kappa shape index (κ1) is 22.0. The zero-order valence-corrected chi connectivity index (χ0v) is 19.4. The van der Waals surface area contributed by atoms with E-state index in [0.717, 1.165) is 10.2 Å². The maximum absolute atomic E-state index is 12.7. The second kappa shape index (κ2) is 9.43. The van der Waals surface area contributed by atoms with E-state index in [1.54, 1.807) is 30.3 Å². The highest BCUT2D eigenvalue weighted by atomic mass is 79.9. The van der Waals surface area contributed by atoms with Crippen LogP contribution in [0.2, 0.25) is 15.1 Å². The van der Waals surface area contributed by atoms with E-state index in [1.165, 1.54) is 12.1 Å². The van der Waals surface area contributed by atoms with Gasteiger partial charge in [0.25, 0.3) is 5.91 Å². The molecule has 2 heterocycles. The largest absolute Gasteiger partial charge is 0.483 e. The van der Waals surface area contributed by atoms with Gasteiger partial charge in [-0.3, -0.25) is 9.48 Å². The van der Waals surface area contributed by atoms with Gasteiger partial charge in [0, 0.05) is 18.6 Å². The lowest BCUT2D eigenvalue weighted by Gasteiger charge is -2.17. The molecule has 0 spiro atoms. The van der Waals surface area contributed by atoms with Crippen LogP contribution in [0.25, 0.3) is 0 Å². The minimum absolute atomic E-state index is 0.0617. The summed E-state index contributed by atoms with van der Waals surface area (Å²) in [6.45, 7) is 3.14. The van der Waals surface area contributed by atoms with Crippen molar-refractivity contribution >= 4 is 56.6 Å². The zero-order valence-electron chi connectivity index (χ0n) is 15.6. The number of carbonyl (C=O) groups excluding carboxylic acids is 1. The van der Waals surface area contributed by atoms with E-state index < -0.39 is 0 Å². The molecule has 29 heavy (non-hydrogen) atoms. The van der Waals surface area contributed by atoms with Crippen LogP contribution in [0.4, 0.5) is 0 Å². The van der Waals surface area contributed by atoms with E-state index in [-0.39, 0.29) is 18.3 Å². The van der Waals surface area contributed by atoms with Crippen LogP contribution in [0.3, 0.4) is 0 Å². The van der Waals surface area contributed by atoms with E-state index >= 15 is 0 Å². The summed E-state index contributed by atoms with van der Waals surface area (Å²) in [4.78, 5) is 14.3. The molecule has 154 valence electrons. The van der Waals surface area contributed by atoms with Crippen LogP contribution in [0.1, 0.15) is 28.9 Å². The lowest BCUT2D eigenvalue weighted by molar-refractivity contribution is 0.0745. The molecule has 0 fully saturated rings. The summed E-state index contributed by atoms with van der Waals surface area (Å²) in [5, 5.41) is 5.26. The number of carbonyl (C=O) groups is 1. The molecular weight excluding hydrogens is 504 g/mol. The Morgan fingerprint density at radius 2 is 1.97 bits per heavy atom. The molecule has 1 amide bonds. The van der Waals surface area contributed by atoms with Crippen molar-refractivity contribution in [2.45, 2.75) is 26.6 Å². The summed E-state index contributed by atoms with van der Waals surface area (Å²) in [6, 6.07) is 6.35. The number of benzene rings is 1. The van der Waals surface area contributed by atoms with E-state index in [2.05, 4.69) is 21.0 Å². The monoisotopic (exact) mass is 519 g/mol. The normalized spacial score (nSPS) is 11.0. The van der Waals surface area contributed by atoms with Gasteiger partial charge in [0.1, 0.15) is 12.4 Å². The second-order valence-electron chi connectivity index (χ2n) is 6.17. The van der Waals surface area contributed by atoms with E-state index in [1.807, 2.05) is 11.6 Å². The van der Waals surface area contributed by atoms with Gasteiger partial charge in [-0.15, -0.1) is 0 Å². The smallest absolute Gasteiger partial charge is 0.289 e. The van der Waals surface area contributed by atoms with Crippen molar-refractivity contribution in [2.24, 2.45) is 0 Å². The minimum atomic E-state index is -0.255. The lowest BCUT2D eigenvalue weighted by Crippen LogP contribution is -2.27. The highest BCUT2D eigenvalue weighted by Crippen LogP contribution is 2.36. The Balaban J connectivity index is 1.66. The summed E-state index contributed by atoms with van der Waals surface area (Å²) in [5.41, 5.74) is 0.908. The molecular formula is C19H17BrCl3N3O3. The molecule has 0 N–H and O–H groups in total. The van der Waals surface area contributed by atoms with Crippen LogP contribution in [-0.2, 0) is 19.7 Å². The van der Waals surface area contributed by atoms with E-state index in [4.69, 9.17) is 44.0 Å². The molecule has 0 unspecified atom stereocenters. The number of aromatic nitrogens is 2. The number of halogens is 4. The molecule has 2 aromatic heterocycles. The van der Waals surface area contributed by atoms with E-state index in [0.29, 0.717) is 39.7 Å². The number of rotatable bonds is 7. The van der Waals surface area contributed by atoms with Gasteiger partial charge in [-0.05, 0) is 47.1 Å². The predicted molar refractivity (Wildman–Crippen MR) is 116 cm³/mol. The molecule has 0 aliphatic carbocycles. The number of amides is 1. The van der Waals surface area contributed by atoms with Gasteiger partial charge in [0.2, 0.25) is 0 Å². The summed E-state index contributed by atoms with van der Waals surface area (Å²) in [7, 11) is 1.70. The fourth-order valence-corrected chi connectivity index (χ4v) is 4.03. The number of furan rings is 1. The zero-order chi connectivity index (χ0) is 21.1. The fourth-order valence-electron chi connectivity index (χ4n) is 2.68. The molecule has 0 saturated heterocycles. The molecule has 0 aliphatic heterocycles. The highest BCUT2D eigenvalue weighted by molar-refractivity contribution is 9.10. The first-order valence-electron chi connectivity index (χ1n) is 8.61. The highest BCUT2D eigenvalue weighted by Gasteiger charge is 2.20. The molecule has 1 aromatic carbocycles. The number of aryl methyl sites for hydroxylation is 1. The Morgan fingerprint density at radius 3 is 2.62 bits per heavy atom. The summed E-state index contributed by atoms with van der Waals surface area (Å²) >= 11 is 21.6. The standard InChI is InChI=1S/C19H17BrCl3N3O3/c1-3-26-16(13(20)8-24-26)9-25(2)19(27)17-5-4-12(29-17)10-28-18-14(22)6-11(21)7-15(18)23/h4-8H,3,9-10H2,1-2H3. The van der Waals surface area contributed by atoms with Crippen molar-refractivity contribution < 1.29 is 13.9 Å². The van der Waals surface area contributed by atoms with Gasteiger partial charge in [-0.25, -0.2) is 0 Å². The predicted octanol–water partition coefficient (Wildman–Crippen LogP) is 6.07. The third-order valence-corrected chi connectivity index (χ3v) is 5.57. The minimum Gasteiger partial charge on any atom is -0.483 e. The van der Waals surface area contributed by atoms with Crippen molar-refractivity contribution in [3.63, 3.8) is 0 Å². The van der Waals surface area contributed by atoms with Crippen LogP contribution >= 0.6 is 50.7 Å². The van der Waals surface area contributed by atoms with Crippen LogP contribution in [0.5, 0.6) is 5.75 Å². The topological polar surface area (TPSA) is 60.5 Å². The number of hydrogen-bond donors (Lipinski definition) is 0.